The van der Waals surface area contributed by atoms with Crippen molar-refractivity contribution < 1.29 is 9.59 Å². The van der Waals surface area contributed by atoms with Crippen LogP contribution in [0.1, 0.15) is 18.1 Å². The fourth-order valence-electron chi connectivity index (χ4n) is 3.16. The zero-order valence-corrected chi connectivity index (χ0v) is 14.8. The molecule has 0 aliphatic carbocycles. The Morgan fingerprint density at radius 3 is 2.54 bits per heavy atom. The number of benzene rings is 2. The third kappa shape index (κ3) is 3.52. The molecule has 26 heavy (non-hydrogen) atoms. The quantitative estimate of drug-likeness (QED) is 0.803. The summed E-state index contributed by atoms with van der Waals surface area (Å²) in [5.74, 6) is -1.24. The Labute approximate surface area is 152 Å². The van der Waals surface area contributed by atoms with Gasteiger partial charge in [0.05, 0.1) is 11.6 Å². The Morgan fingerprint density at radius 2 is 1.85 bits per heavy atom. The van der Waals surface area contributed by atoms with Gasteiger partial charge in [-0.2, -0.15) is 5.26 Å². The van der Waals surface area contributed by atoms with E-state index in [1.54, 1.807) is 29.2 Å². The van der Waals surface area contributed by atoms with Gasteiger partial charge in [-0.15, -0.1) is 0 Å². The van der Waals surface area contributed by atoms with E-state index < -0.39 is 11.8 Å². The maximum Gasteiger partial charge on any atom is 0.313 e. The number of para-hydroxylation sites is 1. The lowest BCUT2D eigenvalue weighted by molar-refractivity contribution is -0.144. The monoisotopic (exact) mass is 348 g/mol. The van der Waals surface area contributed by atoms with E-state index in [-0.39, 0.29) is 6.04 Å². The highest BCUT2D eigenvalue weighted by molar-refractivity contribution is 6.39. The van der Waals surface area contributed by atoms with Crippen LogP contribution in [0.15, 0.2) is 48.5 Å². The number of anilines is 2. The topological polar surface area (TPSA) is 76.4 Å². The molecule has 3 rings (SSSR count). The van der Waals surface area contributed by atoms with Crippen LogP contribution < -0.4 is 10.2 Å². The first-order valence-electron chi connectivity index (χ1n) is 8.40. The molecule has 2 aromatic rings. The van der Waals surface area contributed by atoms with Crippen LogP contribution in [0.3, 0.4) is 0 Å². The van der Waals surface area contributed by atoms with Crippen molar-refractivity contribution in [1.82, 2.24) is 4.90 Å². The van der Waals surface area contributed by atoms with Crippen LogP contribution in [-0.4, -0.2) is 36.3 Å². The zero-order valence-electron chi connectivity index (χ0n) is 14.8. The van der Waals surface area contributed by atoms with Gasteiger partial charge in [0.2, 0.25) is 0 Å². The number of fused-ring (bicyclic) bond motifs is 1. The Bertz CT molecular complexity index is 870. The van der Waals surface area contributed by atoms with Gasteiger partial charge in [0.25, 0.3) is 0 Å². The summed E-state index contributed by atoms with van der Waals surface area (Å²) in [6.07, 6.45) is 0. The molecule has 1 aliphatic heterocycles. The number of carbonyl (C=O) groups excluding carboxylic acids is 2. The van der Waals surface area contributed by atoms with E-state index in [9.17, 15) is 9.59 Å². The van der Waals surface area contributed by atoms with Gasteiger partial charge in [-0.3, -0.25) is 9.59 Å². The molecule has 0 radical (unpaired) electrons. The van der Waals surface area contributed by atoms with Gasteiger partial charge in [-0.25, -0.2) is 0 Å². The molecule has 0 aromatic heterocycles. The second kappa shape index (κ2) is 7.28. The van der Waals surface area contributed by atoms with Crippen molar-refractivity contribution >= 4 is 23.2 Å². The van der Waals surface area contributed by atoms with E-state index in [1.807, 2.05) is 44.3 Å². The summed E-state index contributed by atoms with van der Waals surface area (Å²) in [5, 5.41) is 11.4. The van der Waals surface area contributed by atoms with Crippen LogP contribution in [0.4, 0.5) is 11.4 Å². The molecule has 0 saturated carbocycles. The highest BCUT2D eigenvalue weighted by Crippen LogP contribution is 2.26. The molecule has 1 N–H and O–H groups in total. The summed E-state index contributed by atoms with van der Waals surface area (Å²) >= 11 is 0. The summed E-state index contributed by atoms with van der Waals surface area (Å²) in [4.78, 5) is 28.9. The number of nitrogens with one attached hydrogen (secondary N) is 1. The molecule has 0 fully saturated rings. The molecule has 6 heteroatoms. The van der Waals surface area contributed by atoms with Gasteiger partial charge in [-0.1, -0.05) is 18.2 Å². The molecule has 0 bridgehead atoms. The van der Waals surface area contributed by atoms with Crippen molar-refractivity contribution in [3.05, 3.63) is 59.7 Å². The molecular formula is C20H20N4O2. The Morgan fingerprint density at radius 1 is 1.15 bits per heavy atom. The van der Waals surface area contributed by atoms with E-state index >= 15 is 0 Å². The van der Waals surface area contributed by atoms with E-state index in [4.69, 9.17) is 5.26 Å². The number of hydrogen-bond donors (Lipinski definition) is 1. The molecule has 1 atom stereocenters. The normalized spacial score (nSPS) is 16.3. The fourth-order valence-corrected chi connectivity index (χ4v) is 3.16. The minimum Gasteiger partial charge on any atom is -0.372 e. The van der Waals surface area contributed by atoms with Gasteiger partial charge in [0.15, 0.2) is 0 Å². The number of likely N-dealkylation sites (N-methyl/N-ethyl adjacent to an activating group) is 1. The molecule has 1 heterocycles. The highest BCUT2D eigenvalue weighted by atomic mass is 16.2. The number of nitriles is 1. The first-order valence-corrected chi connectivity index (χ1v) is 8.40. The van der Waals surface area contributed by atoms with Crippen LogP contribution in [0.2, 0.25) is 0 Å². The Hall–Kier alpha value is -3.33. The first-order chi connectivity index (χ1) is 12.5. The van der Waals surface area contributed by atoms with Crippen LogP contribution in [0.5, 0.6) is 0 Å². The third-order valence-electron chi connectivity index (χ3n) is 4.54. The lowest BCUT2D eigenvalue weighted by Crippen LogP contribution is -2.46. The predicted octanol–water partition coefficient (Wildman–Crippen LogP) is 2.36. The van der Waals surface area contributed by atoms with Gasteiger partial charge in [0.1, 0.15) is 0 Å². The summed E-state index contributed by atoms with van der Waals surface area (Å²) in [6.45, 7) is 2.98. The first kappa shape index (κ1) is 17.5. The summed E-state index contributed by atoms with van der Waals surface area (Å²) < 4.78 is 0. The highest BCUT2D eigenvalue weighted by Gasteiger charge is 2.30. The maximum absolute atomic E-state index is 12.7. The molecule has 0 spiro atoms. The smallest absolute Gasteiger partial charge is 0.313 e. The van der Waals surface area contributed by atoms with Crippen molar-refractivity contribution in [2.45, 2.75) is 19.5 Å². The summed E-state index contributed by atoms with van der Waals surface area (Å²) in [6, 6.07) is 16.2. The van der Waals surface area contributed by atoms with E-state index in [2.05, 4.69) is 10.2 Å². The van der Waals surface area contributed by atoms with Crippen LogP contribution >= 0.6 is 0 Å². The SMILES string of the molecule is CC1CN(C)c2ccccc2CN1C(=O)C(=O)Nc1ccc(C#N)cc1. The molecule has 132 valence electrons. The number of rotatable bonds is 1. The Balaban J connectivity index is 1.77. The molecule has 1 unspecified atom stereocenters. The number of carbonyl (C=O) groups is 2. The molecule has 2 aromatic carbocycles. The standard InChI is InChI=1S/C20H20N4O2/c1-14-12-23(2)18-6-4-3-5-16(18)13-24(14)20(26)19(25)22-17-9-7-15(11-21)8-10-17/h3-10,14H,12-13H2,1-2H3,(H,22,25). The fraction of sp³-hybridized carbons (Fsp3) is 0.250. The average Bonchev–Trinajstić information content (AvgIpc) is 2.78. The molecule has 2 amide bonds. The van der Waals surface area contributed by atoms with Crippen molar-refractivity contribution in [3.8, 4) is 6.07 Å². The number of hydrogen-bond acceptors (Lipinski definition) is 4. The minimum atomic E-state index is -0.677. The van der Waals surface area contributed by atoms with Gasteiger partial charge >= 0.3 is 11.8 Å². The van der Waals surface area contributed by atoms with Gasteiger partial charge < -0.3 is 15.1 Å². The lowest BCUT2D eigenvalue weighted by Gasteiger charge is -2.28. The molecule has 6 nitrogen and oxygen atoms in total. The minimum absolute atomic E-state index is 0.105. The van der Waals surface area contributed by atoms with E-state index in [0.29, 0.717) is 24.3 Å². The maximum atomic E-state index is 12.7. The zero-order chi connectivity index (χ0) is 18.7. The van der Waals surface area contributed by atoms with Crippen LogP contribution in [-0.2, 0) is 16.1 Å². The Kier molecular flexibility index (Phi) is 4.90. The van der Waals surface area contributed by atoms with Crippen molar-refractivity contribution in [2.24, 2.45) is 0 Å². The van der Waals surface area contributed by atoms with Gasteiger partial charge in [-0.05, 0) is 42.8 Å². The molecule has 0 saturated heterocycles. The van der Waals surface area contributed by atoms with Crippen molar-refractivity contribution in [1.29, 1.82) is 5.26 Å². The second-order valence-electron chi connectivity index (χ2n) is 6.43. The van der Waals surface area contributed by atoms with Gasteiger partial charge in [0, 0.05) is 37.6 Å². The van der Waals surface area contributed by atoms with E-state index in [1.165, 1.54) is 0 Å². The summed E-state index contributed by atoms with van der Waals surface area (Å²) in [5.41, 5.74) is 3.07. The second-order valence-corrected chi connectivity index (χ2v) is 6.43. The largest absolute Gasteiger partial charge is 0.372 e. The molecular weight excluding hydrogens is 328 g/mol. The number of amides is 2. The average molecular weight is 348 g/mol. The predicted molar refractivity (Wildman–Crippen MR) is 99.5 cm³/mol. The summed E-state index contributed by atoms with van der Waals surface area (Å²) in [7, 11) is 1.99. The van der Waals surface area contributed by atoms with E-state index in [0.717, 1.165) is 11.3 Å². The van der Waals surface area contributed by atoms with Crippen molar-refractivity contribution in [3.63, 3.8) is 0 Å². The third-order valence-corrected chi connectivity index (χ3v) is 4.54. The molecule has 1 aliphatic rings. The van der Waals surface area contributed by atoms with Crippen LogP contribution in [0.25, 0.3) is 0 Å². The number of nitrogens with zero attached hydrogens (tertiary/aromatic N) is 3. The van der Waals surface area contributed by atoms with Crippen LogP contribution in [0, 0.1) is 11.3 Å². The lowest BCUT2D eigenvalue weighted by atomic mass is 10.1. The van der Waals surface area contributed by atoms with Crippen molar-refractivity contribution in [2.75, 3.05) is 23.8 Å².